The van der Waals surface area contributed by atoms with E-state index in [0.717, 1.165) is 10.4 Å². The molecule has 0 spiro atoms. The predicted molar refractivity (Wildman–Crippen MR) is 65.1 cm³/mol. The molecule has 0 fully saturated rings. The molecule has 0 atom stereocenters. The van der Waals surface area contributed by atoms with Gasteiger partial charge in [0.2, 0.25) is 0 Å². The SMILES string of the molecule is O[Si](c1ccccc1)c1ccc(Cl)cc1. The molecule has 0 amide bonds. The lowest BCUT2D eigenvalue weighted by Gasteiger charge is -2.07. The van der Waals surface area contributed by atoms with Crippen molar-refractivity contribution in [2.45, 2.75) is 0 Å². The molecule has 0 saturated heterocycles. The maximum atomic E-state index is 10.1. The zero-order chi connectivity index (χ0) is 10.7. The molecule has 0 aliphatic heterocycles. The summed E-state index contributed by atoms with van der Waals surface area (Å²) in [6.07, 6.45) is 0. The molecule has 75 valence electrons. The molecule has 0 aliphatic carbocycles. The van der Waals surface area contributed by atoms with Crippen LogP contribution in [-0.2, 0) is 0 Å². The molecule has 15 heavy (non-hydrogen) atoms. The van der Waals surface area contributed by atoms with Crippen molar-refractivity contribution >= 4 is 31.0 Å². The first-order valence-electron chi connectivity index (χ1n) is 4.64. The molecule has 1 radical (unpaired) electrons. The lowest BCUT2D eigenvalue weighted by molar-refractivity contribution is 0.600. The zero-order valence-corrected chi connectivity index (χ0v) is 9.78. The number of halogens is 1. The normalized spacial score (nSPS) is 10.6. The summed E-state index contributed by atoms with van der Waals surface area (Å²) in [4.78, 5) is 10.1. The standard InChI is InChI=1S/C12H10ClOSi/c13-10-6-8-12(9-7-10)15(14)11-4-2-1-3-5-11/h1-9,14H. The zero-order valence-electron chi connectivity index (χ0n) is 8.02. The Balaban J connectivity index is 2.29. The van der Waals surface area contributed by atoms with Gasteiger partial charge in [0.15, 0.2) is 0 Å². The summed E-state index contributed by atoms with van der Waals surface area (Å²) in [7, 11) is -1.62. The van der Waals surface area contributed by atoms with Crippen molar-refractivity contribution in [2.24, 2.45) is 0 Å². The Labute approximate surface area is 95.7 Å². The van der Waals surface area contributed by atoms with Gasteiger partial charge in [0, 0.05) is 5.02 Å². The van der Waals surface area contributed by atoms with Crippen molar-refractivity contribution in [3.05, 3.63) is 59.6 Å². The Morgan fingerprint density at radius 1 is 0.800 bits per heavy atom. The summed E-state index contributed by atoms with van der Waals surface area (Å²) in [6, 6.07) is 17.1. The van der Waals surface area contributed by atoms with E-state index < -0.39 is 9.04 Å². The van der Waals surface area contributed by atoms with E-state index >= 15 is 0 Å². The molecule has 0 aromatic heterocycles. The van der Waals surface area contributed by atoms with Gasteiger partial charge in [-0.15, -0.1) is 0 Å². The molecule has 1 nitrogen and oxygen atoms in total. The van der Waals surface area contributed by atoms with Crippen LogP contribution in [0, 0.1) is 0 Å². The average molecular weight is 234 g/mol. The Morgan fingerprint density at radius 2 is 1.33 bits per heavy atom. The summed E-state index contributed by atoms with van der Waals surface area (Å²) < 4.78 is 0. The van der Waals surface area contributed by atoms with Crippen molar-refractivity contribution in [1.82, 2.24) is 0 Å². The van der Waals surface area contributed by atoms with Crippen LogP contribution >= 0.6 is 11.6 Å². The molecule has 0 heterocycles. The summed E-state index contributed by atoms with van der Waals surface area (Å²) >= 11 is 5.79. The molecule has 0 aliphatic rings. The number of rotatable bonds is 2. The minimum atomic E-state index is -1.62. The lowest BCUT2D eigenvalue weighted by Crippen LogP contribution is -2.41. The highest BCUT2D eigenvalue weighted by atomic mass is 35.5. The minimum absolute atomic E-state index is 0.696. The molecule has 2 aromatic rings. The molecule has 3 heteroatoms. The van der Waals surface area contributed by atoms with E-state index in [2.05, 4.69) is 0 Å². The second-order valence-electron chi connectivity index (χ2n) is 3.22. The maximum absolute atomic E-state index is 10.1. The van der Waals surface area contributed by atoms with Crippen LogP contribution in [-0.4, -0.2) is 13.8 Å². The molecule has 0 bridgehead atoms. The minimum Gasteiger partial charge on any atom is -0.424 e. The molecule has 2 rings (SSSR count). The molecular weight excluding hydrogens is 224 g/mol. The van der Waals surface area contributed by atoms with Crippen molar-refractivity contribution in [1.29, 1.82) is 0 Å². The fraction of sp³-hybridized carbons (Fsp3) is 0. The molecular formula is C12H10ClOSi. The van der Waals surface area contributed by atoms with Crippen molar-refractivity contribution in [3.8, 4) is 0 Å². The van der Waals surface area contributed by atoms with Crippen LogP contribution in [0.1, 0.15) is 0 Å². The van der Waals surface area contributed by atoms with Gasteiger partial charge in [0.1, 0.15) is 0 Å². The van der Waals surface area contributed by atoms with E-state index in [1.165, 1.54) is 0 Å². The van der Waals surface area contributed by atoms with Gasteiger partial charge in [0.05, 0.1) is 0 Å². The molecule has 2 aromatic carbocycles. The number of benzene rings is 2. The third kappa shape index (κ3) is 2.48. The first-order chi connectivity index (χ1) is 7.27. The Bertz CT molecular complexity index is 427. The summed E-state index contributed by atoms with van der Waals surface area (Å²) in [5, 5.41) is 2.64. The summed E-state index contributed by atoms with van der Waals surface area (Å²) in [5.74, 6) is 0. The topological polar surface area (TPSA) is 20.2 Å². The number of hydrogen-bond donors (Lipinski definition) is 1. The van der Waals surface area contributed by atoms with Crippen LogP contribution in [0.25, 0.3) is 0 Å². The Kier molecular flexibility index (Phi) is 3.21. The van der Waals surface area contributed by atoms with Gasteiger partial charge in [-0.2, -0.15) is 0 Å². The van der Waals surface area contributed by atoms with Gasteiger partial charge >= 0.3 is 0 Å². The van der Waals surface area contributed by atoms with Crippen molar-refractivity contribution < 1.29 is 4.80 Å². The van der Waals surface area contributed by atoms with Crippen LogP contribution in [0.4, 0.5) is 0 Å². The quantitative estimate of drug-likeness (QED) is 0.779. The molecule has 0 unspecified atom stereocenters. The van der Waals surface area contributed by atoms with Crippen LogP contribution in [0.15, 0.2) is 54.6 Å². The fourth-order valence-corrected chi connectivity index (χ4v) is 2.82. The number of hydrogen-bond acceptors (Lipinski definition) is 1. The van der Waals surface area contributed by atoms with E-state index in [9.17, 15) is 4.80 Å². The largest absolute Gasteiger partial charge is 0.424 e. The van der Waals surface area contributed by atoms with Gasteiger partial charge in [-0.25, -0.2) is 0 Å². The van der Waals surface area contributed by atoms with Crippen molar-refractivity contribution in [3.63, 3.8) is 0 Å². The summed E-state index contributed by atoms with van der Waals surface area (Å²) in [5.41, 5.74) is 0. The first-order valence-corrected chi connectivity index (χ1v) is 6.47. The van der Waals surface area contributed by atoms with Crippen LogP contribution in [0.2, 0.25) is 5.02 Å². The lowest BCUT2D eigenvalue weighted by atomic mass is 10.4. The van der Waals surface area contributed by atoms with Gasteiger partial charge < -0.3 is 4.80 Å². The van der Waals surface area contributed by atoms with Gasteiger partial charge in [0.25, 0.3) is 9.04 Å². The third-order valence-corrected chi connectivity index (χ3v) is 4.18. The Hall–Kier alpha value is -1.09. The van der Waals surface area contributed by atoms with E-state index in [1.54, 1.807) is 12.1 Å². The van der Waals surface area contributed by atoms with Crippen LogP contribution < -0.4 is 10.4 Å². The third-order valence-electron chi connectivity index (χ3n) is 2.16. The van der Waals surface area contributed by atoms with Crippen molar-refractivity contribution in [2.75, 3.05) is 0 Å². The van der Waals surface area contributed by atoms with Gasteiger partial charge in [-0.05, 0) is 22.5 Å². The Morgan fingerprint density at radius 3 is 1.93 bits per heavy atom. The van der Waals surface area contributed by atoms with E-state index in [-0.39, 0.29) is 0 Å². The van der Waals surface area contributed by atoms with Crippen LogP contribution in [0.3, 0.4) is 0 Å². The highest BCUT2D eigenvalue weighted by Gasteiger charge is 2.13. The molecule has 0 saturated carbocycles. The predicted octanol–water partition coefficient (Wildman–Crippen LogP) is 1.44. The first kappa shape index (κ1) is 10.4. The van der Waals surface area contributed by atoms with E-state index in [4.69, 9.17) is 11.6 Å². The maximum Gasteiger partial charge on any atom is 0.280 e. The highest BCUT2D eigenvalue weighted by Crippen LogP contribution is 2.04. The van der Waals surface area contributed by atoms with Crippen LogP contribution in [0.5, 0.6) is 0 Å². The summed E-state index contributed by atoms with van der Waals surface area (Å²) in [6.45, 7) is 0. The van der Waals surface area contributed by atoms with Gasteiger partial charge in [-0.3, -0.25) is 0 Å². The van der Waals surface area contributed by atoms with E-state index in [1.807, 2.05) is 42.5 Å². The van der Waals surface area contributed by atoms with E-state index in [0.29, 0.717) is 5.02 Å². The second-order valence-corrected chi connectivity index (χ2v) is 5.51. The fourth-order valence-electron chi connectivity index (χ4n) is 1.37. The highest BCUT2D eigenvalue weighted by molar-refractivity contribution is 6.78. The molecule has 1 N–H and O–H groups in total. The monoisotopic (exact) mass is 233 g/mol. The average Bonchev–Trinajstić information content (AvgIpc) is 2.30. The second kappa shape index (κ2) is 4.62. The smallest absolute Gasteiger partial charge is 0.280 e. The van der Waals surface area contributed by atoms with Gasteiger partial charge in [-0.1, -0.05) is 54.1 Å².